The molecule has 14 heavy (non-hydrogen) atoms. The molecule has 4 nitrogen and oxygen atoms in total. The van der Waals surface area contributed by atoms with Gasteiger partial charge in [0.2, 0.25) is 0 Å². The van der Waals surface area contributed by atoms with Gasteiger partial charge in [-0.2, -0.15) is 0 Å². The summed E-state index contributed by atoms with van der Waals surface area (Å²) in [6.07, 6.45) is -0.277. The smallest absolute Gasteiger partial charge is 0.404 e. The first-order valence-electron chi connectivity index (χ1n) is 4.06. The predicted molar refractivity (Wildman–Crippen MR) is 55.1 cm³/mol. The van der Waals surface area contributed by atoms with Gasteiger partial charge >= 0.3 is 6.09 Å². The van der Waals surface area contributed by atoms with Crippen molar-refractivity contribution < 1.29 is 9.53 Å². The van der Waals surface area contributed by atoms with Crippen molar-refractivity contribution in [3.8, 4) is 0 Å². The van der Waals surface area contributed by atoms with Crippen LogP contribution in [0.4, 0.5) is 10.5 Å². The normalized spacial score (nSPS) is 9.79. The van der Waals surface area contributed by atoms with E-state index in [1.165, 1.54) is 0 Å². The number of benzene rings is 1. The number of hydrogen-bond donors (Lipinski definition) is 2. The number of hydrogen-bond acceptors (Lipinski definition) is 3. The molecule has 0 bridgehead atoms. The lowest BCUT2D eigenvalue weighted by Gasteiger charge is -2.06. The van der Waals surface area contributed by atoms with Crippen LogP contribution in [0, 0.1) is 0 Å². The summed E-state index contributed by atoms with van der Waals surface area (Å²) in [5.74, 6) is 0. The van der Waals surface area contributed by atoms with Crippen LogP contribution in [0.25, 0.3) is 0 Å². The summed E-state index contributed by atoms with van der Waals surface area (Å²) >= 11 is 5.80. The second-order valence-corrected chi connectivity index (χ2v) is 3.14. The van der Waals surface area contributed by atoms with Gasteiger partial charge in [-0.25, -0.2) is 4.79 Å². The van der Waals surface area contributed by atoms with Crippen LogP contribution >= 0.6 is 11.6 Å². The number of ether oxygens (including phenoxy) is 1. The molecule has 0 saturated heterocycles. The Kier molecular flexibility index (Phi) is 3.59. The minimum atomic E-state index is -0.786. The van der Waals surface area contributed by atoms with Crippen molar-refractivity contribution in [2.75, 3.05) is 12.3 Å². The van der Waals surface area contributed by atoms with Crippen LogP contribution in [0.15, 0.2) is 18.2 Å². The van der Waals surface area contributed by atoms with E-state index in [9.17, 15) is 4.79 Å². The highest BCUT2D eigenvalue weighted by Gasteiger charge is 2.03. The van der Waals surface area contributed by atoms with Gasteiger partial charge in [-0.3, -0.25) is 0 Å². The number of carbonyl (C=O) groups is 1. The topological polar surface area (TPSA) is 78.3 Å². The first-order chi connectivity index (χ1) is 6.61. The molecule has 0 saturated carbocycles. The van der Waals surface area contributed by atoms with E-state index in [-0.39, 0.29) is 6.61 Å². The summed E-state index contributed by atoms with van der Waals surface area (Å²) < 4.78 is 4.58. The lowest BCUT2D eigenvalue weighted by molar-refractivity contribution is 0.158. The molecule has 0 atom stereocenters. The largest absolute Gasteiger partial charge is 0.449 e. The molecule has 0 radical (unpaired) electrons. The van der Waals surface area contributed by atoms with Gasteiger partial charge in [0.25, 0.3) is 0 Å². The SMILES string of the molecule is NC(=O)OCCc1cccc(Cl)c1N. The molecule has 4 N–H and O–H groups in total. The van der Waals surface area contributed by atoms with Gasteiger partial charge in [-0.05, 0) is 11.6 Å². The summed E-state index contributed by atoms with van der Waals surface area (Å²) in [5, 5.41) is 0.501. The zero-order valence-corrected chi connectivity index (χ0v) is 8.25. The first-order valence-corrected chi connectivity index (χ1v) is 4.44. The Balaban J connectivity index is 2.59. The molecule has 5 heteroatoms. The summed E-state index contributed by atoms with van der Waals surface area (Å²) in [4.78, 5) is 10.3. The fraction of sp³-hybridized carbons (Fsp3) is 0.222. The molecule has 1 amide bonds. The van der Waals surface area contributed by atoms with Crippen molar-refractivity contribution in [1.29, 1.82) is 0 Å². The number of amides is 1. The van der Waals surface area contributed by atoms with Gasteiger partial charge in [-0.15, -0.1) is 0 Å². The van der Waals surface area contributed by atoms with E-state index in [0.717, 1.165) is 5.56 Å². The first kappa shape index (κ1) is 10.7. The standard InChI is InChI=1S/C9H11ClN2O2/c10-7-3-1-2-6(8(7)11)4-5-14-9(12)13/h1-3H,4-5,11H2,(H2,12,13). The third-order valence-electron chi connectivity index (χ3n) is 1.76. The van der Waals surface area contributed by atoms with E-state index in [1.807, 2.05) is 6.07 Å². The number of nitrogen functional groups attached to an aromatic ring is 1. The van der Waals surface area contributed by atoms with Crippen LogP contribution in [0.3, 0.4) is 0 Å². The quantitative estimate of drug-likeness (QED) is 0.750. The second kappa shape index (κ2) is 4.72. The molecule has 0 aromatic heterocycles. The van der Waals surface area contributed by atoms with Crippen molar-refractivity contribution in [1.82, 2.24) is 0 Å². The molecular formula is C9H11ClN2O2. The average Bonchev–Trinajstić information content (AvgIpc) is 2.12. The molecule has 0 fully saturated rings. The Bertz CT molecular complexity index is 342. The Hall–Kier alpha value is -1.42. The molecule has 0 heterocycles. The van der Waals surface area contributed by atoms with Crippen molar-refractivity contribution in [2.24, 2.45) is 5.73 Å². The zero-order chi connectivity index (χ0) is 10.6. The second-order valence-electron chi connectivity index (χ2n) is 2.73. The summed E-state index contributed by atoms with van der Waals surface area (Å²) in [7, 11) is 0. The van der Waals surface area contributed by atoms with Crippen LogP contribution < -0.4 is 11.5 Å². The van der Waals surface area contributed by atoms with E-state index >= 15 is 0 Å². The van der Waals surface area contributed by atoms with E-state index < -0.39 is 6.09 Å². The van der Waals surface area contributed by atoms with Crippen LogP contribution in [-0.4, -0.2) is 12.7 Å². The molecule has 0 aliphatic rings. The maximum atomic E-state index is 10.3. The fourth-order valence-electron chi connectivity index (χ4n) is 1.06. The fourth-order valence-corrected chi connectivity index (χ4v) is 1.26. The summed E-state index contributed by atoms with van der Waals surface area (Å²) in [6.45, 7) is 0.208. The van der Waals surface area contributed by atoms with Gasteiger partial charge in [0.15, 0.2) is 0 Å². The average molecular weight is 215 g/mol. The minimum Gasteiger partial charge on any atom is -0.449 e. The number of anilines is 1. The zero-order valence-electron chi connectivity index (χ0n) is 7.50. The van der Waals surface area contributed by atoms with Crippen LogP contribution in [0.5, 0.6) is 0 Å². The monoisotopic (exact) mass is 214 g/mol. The number of halogens is 1. The number of carbonyl (C=O) groups excluding carboxylic acids is 1. The predicted octanol–water partition coefficient (Wildman–Crippen LogP) is 1.56. The van der Waals surface area contributed by atoms with Crippen molar-refractivity contribution >= 4 is 23.4 Å². The highest BCUT2D eigenvalue weighted by Crippen LogP contribution is 2.22. The molecule has 1 aromatic rings. The van der Waals surface area contributed by atoms with Crippen LogP contribution in [0.2, 0.25) is 5.02 Å². The highest BCUT2D eigenvalue weighted by molar-refractivity contribution is 6.33. The number of rotatable bonds is 3. The van der Waals surface area contributed by atoms with E-state index in [0.29, 0.717) is 17.1 Å². The molecule has 0 aliphatic heterocycles. The van der Waals surface area contributed by atoms with Crippen molar-refractivity contribution in [3.05, 3.63) is 28.8 Å². The van der Waals surface area contributed by atoms with Gasteiger partial charge < -0.3 is 16.2 Å². The molecule has 0 spiro atoms. The Morgan fingerprint density at radius 2 is 2.21 bits per heavy atom. The van der Waals surface area contributed by atoms with Crippen molar-refractivity contribution in [2.45, 2.75) is 6.42 Å². The number of para-hydroxylation sites is 1. The molecule has 1 rings (SSSR count). The summed E-state index contributed by atoms with van der Waals surface area (Å²) in [6, 6.07) is 5.32. The Morgan fingerprint density at radius 3 is 2.86 bits per heavy atom. The van der Waals surface area contributed by atoms with E-state index in [4.69, 9.17) is 23.1 Å². The molecule has 76 valence electrons. The summed E-state index contributed by atoms with van der Waals surface area (Å²) in [5.41, 5.74) is 11.9. The highest BCUT2D eigenvalue weighted by atomic mass is 35.5. The lowest BCUT2D eigenvalue weighted by Crippen LogP contribution is -2.15. The lowest BCUT2D eigenvalue weighted by atomic mass is 10.1. The molecule has 0 aliphatic carbocycles. The van der Waals surface area contributed by atoms with Gasteiger partial charge in [0.05, 0.1) is 17.3 Å². The van der Waals surface area contributed by atoms with E-state index in [2.05, 4.69) is 4.74 Å². The minimum absolute atomic E-state index is 0.208. The third-order valence-corrected chi connectivity index (χ3v) is 2.09. The van der Waals surface area contributed by atoms with Gasteiger partial charge in [0, 0.05) is 6.42 Å². The van der Waals surface area contributed by atoms with Gasteiger partial charge in [-0.1, -0.05) is 23.7 Å². The maximum absolute atomic E-state index is 10.3. The number of nitrogens with two attached hydrogens (primary N) is 2. The Labute approximate surface area is 86.8 Å². The maximum Gasteiger partial charge on any atom is 0.404 e. The Morgan fingerprint density at radius 1 is 1.50 bits per heavy atom. The molecular weight excluding hydrogens is 204 g/mol. The third kappa shape index (κ3) is 2.81. The van der Waals surface area contributed by atoms with E-state index in [1.54, 1.807) is 12.1 Å². The number of primary amides is 1. The van der Waals surface area contributed by atoms with Gasteiger partial charge in [0.1, 0.15) is 0 Å². The molecule has 1 aromatic carbocycles. The van der Waals surface area contributed by atoms with Crippen LogP contribution in [0.1, 0.15) is 5.56 Å². The van der Waals surface area contributed by atoms with Crippen LogP contribution in [-0.2, 0) is 11.2 Å². The molecule has 0 unspecified atom stereocenters. The van der Waals surface area contributed by atoms with Crippen molar-refractivity contribution in [3.63, 3.8) is 0 Å².